The molecule has 0 fully saturated rings. The number of hydrogen-bond donors (Lipinski definition) is 2. The van der Waals surface area contributed by atoms with Gasteiger partial charge in [-0.05, 0) is 61.1 Å². The van der Waals surface area contributed by atoms with Crippen LogP contribution in [0.4, 0.5) is 10.2 Å². The molecule has 0 atom stereocenters. The van der Waals surface area contributed by atoms with Gasteiger partial charge in [0.15, 0.2) is 28.5 Å². The van der Waals surface area contributed by atoms with E-state index in [0.717, 1.165) is 26.5 Å². The highest BCUT2D eigenvalue weighted by Crippen LogP contribution is 2.35. The second-order valence-corrected chi connectivity index (χ2v) is 9.33. The van der Waals surface area contributed by atoms with Crippen LogP contribution in [0.25, 0.3) is 11.2 Å². The van der Waals surface area contributed by atoms with Gasteiger partial charge in [-0.3, -0.25) is 0 Å². The second-order valence-electron chi connectivity index (χ2n) is 8.17. The molecule has 1 aromatic carbocycles. The van der Waals surface area contributed by atoms with Crippen molar-refractivity contribution in [2.45, 2.75) is 39.3 Å². The van der Waals surface area contributed by atoms with Crippen LogP contribution in [0.5, 0.6) is 11.5 Å². The molecular weight excluding hydrogens is 502 g/mol. The van der Waals surface area contributed by atoms with Crippen LogP contribution in [0.15, 0.2) is 12.1 Å². The van der Waals surface area contributed by atoms with Crippen molar-refractivity contribution in [1.29, 1.82) is 0 Å². The van der Waals surface area contributed by atoms with Crippen molar-refractivity contribution in [3.63, 3.8) is 0 Å². The number of nitrogens with one attached hydrogen (secondary N) is 1. The summed E-state index contributed by atoms with van der Waals surface area (Å²) in [6, 6.07) is 3.94. The molecule has 30 heavy (non-hydrogen) atoms. The number of aromatic nitrogens is 4. The van der Waals surface area contributed by atoms with Crippen molar-refractivity contribution in [2.75, 3.05) is 25.5 Å². The minimum Gasteiger partial charge on any atom is -0.486 e. The minimum atomic E-state index is -0.856. The minimum absolute atomic E-state index is 0.0400. The summed E-state index contributed by atoms with van der Waals surface area (Å²) in [4.78, 5) is 12.3. The Morgan fingerprint density at radius 3 is 2.57 bits per heavy atom. The van der Waals surface area contributed by atoms with Crippen molar-refractivity contribution in [2.24, 2.45) is 0 Å². The van der Waals surface area contributed by atoms with Crippen molar-refractivity contribution in [1.82, 2.24) is 24.8 Å². The molecule has 160 valence electrons. The highest BCUT2D eigenvalue weighted by atomic mass is 127. The number of anilines is 1. The molecule has 0 radical (unpaired) electrons. The Labute approximate surface area is 187 Å². The Kier molecular flexibility index (Phi) is 5.71. The van der Waals surface area contributed by atoms with Crippen LogP contribution in [0, 0.1) is 9.65 Å². The van der Waals surface area contributed by atoms with Gasteiger partial charge in [0.1, 0.15) is 19.0 Å². The lowest BCUT2D eigenvalue weighted by atomic mass is 10.1. The van der Waals surface area contributed by atoms with Crippen LogP contribution in [0.3, 0.4) is 0 Å². The van der Waals surface area contributed by atoms with Gasteiger partial charge in [0.25, 0.3) is 0 Å². The molecule has 4 rings (SSSR count). The summed E-state index contributed by atoms with van der Waals surface area (Å²) in [6.07, 6.45) is -0.340. The number of imidazole rings is 1. The highest BCUT2D eigenvalue weighted by Gasteiger charge is 2.20. The first-order valence-electron chi connectivity index (χ1n) is 9.72. The van der Waals surface area contributed by atoms with E-state index in [1.54, 1.807) is 0 Å². The molecule has 0 saturated carbocycles. The van der Waals surface area contributed by atoms with E-state index >= 15 is 0 Å². The first-order chi connectivity index (χ1) is 14.2. The quantitative estimate of drug-likeness (QED) is 0.390. The highest BCUT2D eigenvalue weighted by molar-refractivity contribution is 14.1. The van der Waals surface area contributed by atoms with Crippen LogP contribution in [-0.2, 0) is 13.0 Å². The molecule has 1 aliphatic heterocycles. The zero-order chi connectivity index (χ0) is 21.5. The zero-order valence-electron chi connectivity index (χ0n) is 17.1. The summed E-state index contributed by atoms with van der Waals surface area (Å²) in [5, 5.41) is 3.44. The maximum Gasteiger partial charge on any atom is 0.312 e. The average Bonchev–Trinajstić information content (AvgIpc) is 2.99. The van der Waals surface area contributed by atoms with E-state index in [1.165, 1.54) is 0 Å². The molecule has 0 bridgehead atoms. The molecule has 10 heteroatoms. The van der Waals surface area contributed by atoms with E-state index in [9.17, 15) is 4.39 Å². The summed E-state index contributed by atoms with van der Waals surface area (Å²) >= 11 is 2.28. The van der Waals surface area contributed by atoms with Gasteiger partial charge in [-0.25, -0.2) is 4.98 Å². The van der Waals surface area contributed by atoms with Crippen molar-refractivity contribution in [3.8, 4) is 11.5 Å². The molecule has 0 saturated heterocycles. The van der Waals surface area contributed by atoms with Gasteiger partial charge in [-0.1, -0.05) is 0 Å². The number of nitrogens with zero attached hydrogens (tertiary/aromatic N) is 4. The standard InChI is InChI=1S/C20H24FIN6O2/c1-20(2,3)24-4-5-28-15(25-16-17(23)26-19(21)27-18(16)28)9-11-8-13-14(10-12(11)22)30-7-6-29-13/h8,10,24H,4-7,9H2,1-3H3,(H2,23,26,27). The normalized spacial score (nSPS) is 13.8. The Hall–Kier alpha value is -2.21. The summed E-state index contributed by atoms with van der Waals surface area (Å²) in [5.41, 5.74) is 7.74. The summed E-state index contributed by atoms with van der Waals surface area (Å²) < 4.78 is 28.2. The predicted octanol–water partition coefficient (Wildman–Crippen LogP) is 2.90. The summed E-state index contributed by atoms with van der Waals surface area (Å²) in [6.45, 7) is 8.59. The zero-order valence-corrected chi connectivity index (χ0v) is 19.3. The van der Waals surface area contributed by atoms with E-state index in [-0.39, 0.29) is 11.4 Å². The lowest BCUT2D eigenvalue weighted by Gasteiger charge is -2.21. The van der Waals surface area contributed by atoms with E-state index in [4.69, 9.17) is 15.2 Å². The molecule has 3 heterocycles. The number of nitrogen functional groups attached to an aromatic ring is 1. The third-order valence-electron chi connectivity index (χ3n) is 4.72. The second kappa shape index (κ2) is 8.14. The van der Waals surface area contributed by atoms with Gasteiger partial charge in [0.2, 0.25) is 0 Å². The number of rotatable bonds is 5. The monoisotopic (exact) mass is 526 g/mol. The maximum absolute atomic E-state index is 13.9. The number of fused-ring (bicyclic) bond motifs is 2. The fourth-order valence-electron chi connectivity index (χ4n) is 3.36. The smallest absolute Gasteiger partial charge is 0.312 e. The first-order valence-corrected chi connectivity index (χ1v) is 10.8. The number of hydrogen-bond acceptors (Lipinski definition) is 7. The molecule has 2 aromatic heterocycles. The largest absolute Gasteiger partial charge is 0.486 e. The topological polar surface area (TPSA) is 100 Å². The lowest BCUT2D eigenvalue weighted by Crippen LogP contribution is -2.38. The number of nitrogens with two attached hydrogens (primary N) is 1. The van der Waals surface area contributed by atoms with Crippen molar-refractivity contribution in [3.05, 3.63) is 33.2 Å². The molecule has 0 aliphatic carbocycles. The van der Waals surface area contributed by atoms with Crippen molar-refractivity contribution < 1.29 is 13.9 Å². The Morgan fingerprint density at radius 1 is 1.17 bits per heavy atom. The third kappa shape index (κ3) is 4.43. The van der Waals surface area contributed by atoms with Crippen LogP contribution >= 0.6 is 22.6 Å². The molecule has 1 aliphatic rings. The molecule has 0 spiro atoms. The SMILES string of the molecule is CC(C)(C)NCCn1c(Cc2cc3c(cc2I)OCCO3)nc2c(N)nc(F)nc21. The van der Waals surface area contributed by atoms with Crippen LogP contribution in [0.2, 0.25) is 0 Å². The van der Waals surface area contributed by atoms with Crippen LogP contribution < -0.4 is 20.5 Å². The molecule has 3 aromatic rings. The van der Waals surface area contributed by atoms with Crippen molar-refractivity contribution >= 4 is 39.6 Å². The van der Waals surface area contributed by atoms with Gasteiger partial charge in [-0.15, -0.1) is 0 Å². The molecule has 0 amide bonds. The fourth-order valence-corrected chi connectivity index (χ4v) is 3.99. The molecule has 0 unspecified atom stereocenters. The fraction of sp³-hybridized carbons (Fsp3) is 0.450. The van der Waals surface area contributed by atoms with Gasteiger partial charge in [0, 0.05) is 28.6 Å². The van der Waals surface area contributed by atoms with E-state index in [2.05, 4.69) is 63.6 Å². The van der Waals surface area contributed by atoms with E-state index in [0.29, 0.717) is 43.9 Å². The van der Waals surface area contributed by atoms with Gasteiger partial charge >= 0.3 is 6.08 Å². The molecular formula is C20H24FIN6O2. The number of halogens is 2. The number of benzene rings is 1. The van der Waals surface area contributed by atoms with Crippen LogP contribution in [-0.4, -0.2) is 44.8 Å². The Morgan fingerprint density at radius 2 is 1.87 bits per heavy atom. The van der Waals surface area contributed by atoms with Gasteiger partial charge in [0.05, 0.1) is 0 Å². The predicted molar refractivity (Wildman–Crippen MR) is 120 cm³/mol. The first kappa shape index (κ1) is 21.0. The lowest BCUT2D eigenvalue weighted by molar-refractivity contribution is 0.171. The third-order valence-corrected chi connectivity index (χ3v) is 5.73. The molecule has 8 nitrogen and oxygen atoms in total. The Bertz CT molecular complexity index is 1100. The Balaban J connectivity index is 1.72. The van der Waals surface area contributed by atoms with E-state index in [1.807, 2.05) is 16.7 Å². The average molecular weight is 526 g/mol. The molecule has 3 N–H and O–H groups in total. The summed E-state index contributed by atoms with van der Waals surface area (Å²) in [5.74, 6) is 2.24. The van der Waals surface area contributed by atoms with Crippen LogP contribution in [0.1, 0.15) is 32.2 Å². The summed E-state index contributed by atoms with van der Waals surface area (Å²) in [7, 11) is 0. The number of ether oxygens (including phenoxy) is 2. The maximum atomic E-state index is 13.9. The van der Waals surface area contributed by atoms with E-state index < -0.39 is 6.08 Å². The van der Waals surface area contributed by atoms with Gasteiger partial charge < -0.3 is 25.1 Å². The van der Waals surface area contributed by atoms with Gasteiger partial charge in [-0.2, -0.15) is 14.4 Å².